The van der Waals surface area contributed by atoms with Crippen LogP contribution in [0.1, 0.15) is 26.2 Å². The van der Waals surface area contributed by atoms with E-state index in [-0.39, 0.29) is 12.0 Å². The summed E-state index contributed by atoms with van der Waals surface area (Å²) in [6.45, 7) is 3.07. The third-order valence-electron chi connectivity index (χ3n) is 3.64. The number of rotatable bonds is 3. The molecule has 2 aromatic heterocycles. The molecule has 3 heterocycles. The minimum atomic E-state index is -0.239. The Morgan fingerprint density at radius 1 is 1.45 bits per heavy atom. The summed E-state index contributed by atoms with van der Waals surface area (Å²) in [6.07, 6.45) is 8.18. The molecule has 20 heavy (non-hydrogen) atoms. The maximum atomic E-state index is 12.1. The first-order valence-electron chi connectivity index (χ1n) is 7.03. The molecule has 0 aliphatic carbocycles. The van der Waals surface area contributed by atoms with Crippen molar-refractivity contribution >= 4 is 17.3 Å². The lowest BCUT2D eigenvalue weighted by Gasteiger charge is -2.35. The molecule has 6 heteroatoms. The molecule has 1 atom stereocenters. The number of esters is 1. The standard InChI is InChI=1S/C14H18N4O2/c1-2-20-14(19)12-5-3-4-9-17(12)13-11-6-7-16-18(11)10-8-15-13/h6-8,10,12H,2-5,9H2,1H3. The number of nitrogens with zero attached hydrogens (tertiary/aromatic N) is 4. The quantitative estimate of drug-likeness (QED) is 0.796. The van der Waals surface area contributed by atoms with E-state index in [9.17, 15) is 4.79 Å². The number of carbonyl (C=O) groups excluding carboxylic acids is 1. The lowest BCUT2D eigenvalue weighted by Crippen LogP contribution is -2.46. The van der Waals surface area contributed by atoms with E-state index in [4.69, 9.17) is 4.74 Å². The van der Waals surface area contributed by atoms with E-state index in [1.165, 1.54) is 0 Å². The number of fused-ring (bicyclic) bond motifs is 1. The van der Waals surface area contributed by atoms with Gasteiger partial charge in [-0.2, -0.15) is 5.10 Å². The van der Waals surface area contributed by atoms with Crippen molar-refractivity contribution in [3.8, 4) is 0 Å². The van der Waals surface area contributed by atoms with Crippen LogP contribution in [-0.2, 0) is 9.53 Å². The van der Waals surface area contributed by atoms with Gasteiger partial charge in [0.25, 0.3) is 0 Å². The van der Waals surface area contributed by atoms with Crippen LogP contribution in [0, 0.1) is 0 Å². The van der Waals surface area contributed by atoms with Gasteiger partial charge in [-0.05, 0) is 32.3 Å². The second-order valence-electron chi connectivity index (χ2n) is 4.87. The topological polar surface area (TPSA) is 59.7 Å². The van der Waals surface area contributed by atoms with Crippen LogP contribution in [0.15, 0.2) is 24.7 Å². The van der Waals surface area contributed by atoms with Crippen LogP contribution in [0.25, 0.3) is 5.52 Å². The van der Waals surface area contributed by atoms with Crippen LogP contribution in [0.4, 0.5) is 5.82 Å². The smallest absolute Gasteiger partial charge is 0.328 e. The van der Waals surface area contributed by atoms with Crippen LogP contribution < -0.4 is 4.90 Å². The van der Waals surface area contributed by atoms with Gasteiger partial charge in [0.2, 0.25) is 0 Å². The zero-order valence-electron chi connectivity index (χ0n) is 11.5. The Balaban J connectivity index is 1.97. The SMILES string of the molecule is CCOC(=O)C1CCCCN1c1nccn2nccc12. The third-order valence-corrected chi connectivity index (χ3v) is 3.64. The van der Waals surface area contributed by atoms with E-state index in [0.717, 1.165) is 37.1 Å². The zero-order valence-corrected chi connectivity index (χ0v) is 11.5. The van der Waals surface area contributed by atoms with E-state index in [2.05, 4.69) is 15.0 Å². The predicted octanol–water partition coefficient (Wildman–Crippen LogP) is 1.65. The van der Waals surface area contributed by atoms with Crippen molar-refractivity contribution in [3.05, 3.63) is 24.7 Å². The minimum absolute atomic E-state index is 0.157. The average Bonchev–Trinajstić information content (AvgIpc) is 2.96. The molecule has 0 aromatic carbocycles. The molecule has 0 amide bonds. The van der Waals surface area contributed by atoms with Gasteiger partial charge < -0.3 is 9.64 Å². The summed E-state index contributed by atoms with van der Waals surface area (Å²) in [5.74, 6) is 0.651. The molecule has 2 aromatic rings. The predicted molar refractivity (Wildman–Crippen MR) is 74.6 cm³/mol. The van der Waals surface area contributed by atoms with Crippen LogP contribution >= 0.6 is 0 Å². The summed E-state index contributed by atoms with van der Waals surface area (Å²) in [5.41, 5.74) is 0.920. The molecule has 0 radical (unpaired) electrons. The molecule has 6 nitrogen and oxygen atoms in total. The maximum absolute atomic E-state index is 12.1. The van der Waals surface area contributed by atoms with E-state index in [0.29, 0.717) is 6.61 Å². The first-order chi connectivity index (χ1) is 9.81. The van der Waals surface area contributed by atoms with Crippen LogP contribution in [0.5, 0.6) is 0 Å². The third kappa shape index (κ3) is 2.21. The molecule has 3 rings (SSSR count). The number of hydrogen-bond acceptors (Lipinski definition) is 5. The summed E-state index contributed by atoms with van der Waals surface area (Å²) in [5, 5.41) is 4.21. The van der Waals surface area contributed by atoms with Crippen LogP contribution in [0.2, 0.25) is 0 Å². The molecule has 0 bridgehead atoms. The lowest BCUT2D eigenvalue weighted by molar-refractivity contribution is -0.145. The number of aromatic nitrogens is 3. The Labute approximate surface area is 117 Å². The fraction of sp³-hybridized carbons (Fsp3) is 0.500. The van der Waals surface area contributed by atoms with E-state index in [1.54, 1.807) is 16.9 Å². The van der Waals surface area contributed by atoms with Crippen molar-refractivity contribution < 1.29 is 9.53 Å². The van der Waals surface area contributed by atoms with Gasteiger partial charge >= 0.3 is 5.97 Å². The largest absolute Gasteiger partial charge is 0.464 e. The molecule has 0 spiro atoms. The highest BCUT2D eigenvalue weighted by atomic mass is 16.5. The Morgan fingerprint density at radius 3 is 3.20 bits per heavy atom. The fourth-order valence-corrected chi connectivity index (χ4v) is 2.73. The number of carbonyl (C=O) groups is 1. The number of anilines is 1. The summed E-state index contributed by atoms with van der Waals surface area (Å²) in [6, 6.07) is 1.68. The zero-order chi connectivity index (χ0) is 13.9. The fourth-order valence-electron chi connectivity index (χ4n) is 2.73. The van der Waals surface area contributed by atoms with Gasteiger partial charge in [-0.25, -0.2) is 14.3 Å². The molecule has 1 aliphatic heterocycles. The molecule has 1 aliphatic rings. The van der Waals surface area contributed by atoms with E-state index >= 15 is 0 Å². The number of hydrogen-bond donors (Lipinski definition) is 0. The molecule has 0 saturated carbocycles. The van der Waals surface area contributed by atoms with Gasteiger partial charge in [0.1, 0.15) is 11.6 Å². The van der Waals surface area contributed by atoms with Gasteiger partial charge in [0, 0.05) is 18.9 Å². The van der Waals surface area contributed by atoms with E-state index in [1.807, 2.05) is 19.2 Å². The molecule has 0 N–H and O–H groups in total. The van der Waals surface area contributed by atoms with Gasteiger partial charge in [-0.3, -0.25) is 0 Å². The van der Waals surface area contributed by atoms with Crippen molar-refractivity contribution in [2.75, 3.05) is 18.1 Å². The summed E-state index contributed by atoms with van der Waals surface area (Å²) in [7, 11) is 0. The van der Waals surface area contributed by atoms with Crippen LogP contribution in [-0.4, -0.2) is 39.8 Å². The first kappa shape index (κ1) is 12.9. The lowest BCUT2D eigenvalue weighted by atomic mass is 10.0. The van der Waals surface area contributed by atoms with Crippen molar-refractivity contribution in [3.63, 3.8) is 0 Å². The van der Waals surface area contributed by atoms with Gasteiger partial charge in [0.15, 0.2) is 5.82 Å². The van der Waals surface area contributed by atoms with Crippen molar-refractivity contribution in [2.45, 2.75) is 32.2 Å². The second kappa shape index (κ2) is 5.48. The Bertz CT molecular complexity index is 610. The van der Waals surface area contributed by atoms with Crippen molar-refractivity contribution in [2.24, 2.45) is 0 Å². The summed E-state index contributed by atoms with van der Waals surface area (Å²) in [4.78, 5) is 18.6. The maximum Gasteiger partial charge on any atom is 0.328 e. The minimum Gasteiger partial charge on any atom is -0.464 e. The summed E-state index contributed by atoms with van der Waals surface area (Å²) < 4.78 is 6.97. The van der Waals surface area contributed by atoms with Crippen LogP contribution in [0.3, 0.4) is 0 Å². The number of piperidine rings is 1. The highest BCUT2D eigenvalue weighted by molar-refractivity contribution is 5.82. The molecular weight excluding hydrogens is 256 g/mol. The van der Waals surface area contributed by atoms with Gasteiger partial charge in [-0.1, -0.05) is 0 Å². The number of ether oxygens (including phenoxy) is 1. The Hall–Kier alpha value is -2.11. The summed E-state index contributed by atoms with van der Waals surface area (Å²) >= 11 is 0. The van der Waals surface area contributed by atoms with Crippen molar-refractivity contribution in [1.82, 2.24) is 14.6 Å². The van der Waals surface area contributed by atoms with Gasteiger partial charge in [-0.15, -0.1) is 0 Å². The van der Waals surface area contributed by atoms with Crippen molar-refractivity contribution in [1.29, 1.82) is 0 Å². The molecule has 1 unspecified atom stereocenters. The normalized spacial score (nSPS) is 19.2. The van der Waals surface area contributed by atoms with Gasteiger partial charge in [0.05, 0.1) is 12.8 Å². The Kier molecular flexibility index (Phi) is 3.54. The molecule has 1 fully saturated rings. The molecule has 106 valence electrons. The second-order valence-corrected chi connectivity index (χ2v) is 4.87. The van der Waals surface area contributed by atoms with E-state index < -0.39 is 0 Å². The highest BCUT2D eigenvalue weighted by Gasteiger charge is 2.31. The molecular formula is C14H18N4O2. The monoisotopic (exact) mass is 274 g/mol. The highest BCUT2D eigenvalue weighted by Crippen LogP contribution is 2.27. The first-order valence-corrected chi connectivity index (χ1v) is 7.03. The molecule has 1 saturated heterocycles. The Morgan fingerprint density at radius 2 is 2.35 bits per heavy atom. The average molecular weight is 274 g/mol.